The zero-order valence-corrected chi connectivity index (χ0v) is 9.14. The molecule has 2 rings (SSSR count). The van der Waals surface area contributed by atoms with Gasteiger partial charge in [-0.2, -0.15) is 4.98 Å². The van der Waals surface area contributed by atoms with Crippen molar-refractivity contribution in [2.75, 3.05) is 5.75 Å². The SMILES string of the molecule is O=S([O-])CCc1nc(-c2ccccc2)no1. The minimum Gasteiger partial charge on any atom is -0.772 e. The van der Waals surface area contributed by atoms with E-state index in [9.17, 15) is 8.76 Å². The lowest BCUT2D eigenvalue weighted by atomic mass is 10.2. The normalized spacial score (nSPS) is 12.6. The predicted octanol–water partition coefficient (Wildman–Crippen LogP) is 1.16. The molecule has 0 radical (unpaired) electrons. The summed E-state index contributed by atoms with van der Waals surface area (Å²) in [5.41, 5.74) is 0.848. The molecule has 1 atom stereocenters. The van der Waals surface area contributed by atoms with Crippen molar-refractivity contribution >= 4 is 11.1 Å². The van der Waals surface area contributed by atoms with Crippen LogP contribution in [0, 0.1) is 0 Å². The standard InChI is InChI=1S/C10H10N2O3S/c13-16(14)7-6-9-11-10(12-15-9)8-4-2-1-3-5-8/h1-5H,6-7H2,(H,13,14)/p-1. The second kappa shape index (κ2) is 5.00. The molecule has 0 aliphatic carbocycles. The third-order valence-electron chi connectivity index (χ3n) is 1.98. The molecule has 0 aliphatic heterocycles. The Morgan fingerprint density at radius 3 is 2.75 bits per heavy atom. The molecule has 1 aromatic heterocycles. The van der Waals surface area contributed by atoms with Crippen molar-refractivity contribution in [1.82, 2.24) is 10.1 Å². The predicted molar refractivity (Wildman–Crippen MR) is 57.2 cm³/mol. The van der Waals surface area contributed by atoms with Gasteiger partial charge in [0.05, 0.1) is 0 Å². The molecule has 0 saturated carbocycles. The molecular formula is C10H9N2O3S-. The van der Waals surface area contributed by atoms with E-state index in [4.69, 9.17) is 4.52 Å². The highest BCUT2D eigenvalue weighted by Crippen LogP contribution is 2.14. The highest BCUT2D eigenvalue weighted by atomic mass is 32.2. The fourth-order valence-electron chi connectivity index (χ4n) is 1.23. The number of aryl methyl sites for hydroxylation is 1. The van der Waals surface area contributed by atoms with Crippen LogP contribution in [0.3, 0.4) is 0 Å². The van der Waals surface area contributed by atoms with Crippen molar-refractivity contribution in [3.05, 3.63) is 36.2 Å². The summed E-state index contributed by atoms with van der Waals surface area (Å²) in [6, 6.07) is 9.36. The first-order chi connectivity index (χ1) is 7.75. The molecule has 0 amide bonds. The number of aromatic nitrogens is 2. The van der Waals surface area contributed by atoms with E-state index in [0.717, 1.165) is 5.56 Å². The largest absolute Gasteiger partial charge is 0.772 e. The quantitative estimate of drug-likeness (QED) is 0.745. The maximum Gasteiger partial charge on any atom is 0.227 e. The summed E-state index contributed by atoms with van der Waals surface area (Å²) in [6.45, 7) is 0. The average molecular weight is 237 g/mol. The van der Waals surface area contributed by atoms with Crippen LogP contribution in [-0.4, -0.2) is 24.7 Å². The molecule has 2 aromatic rings. The van der Waals surface area contributed by atoms with Crippen molar-refractivity contribution in [3.8, 4) is 11.4 Å². The van der Waals surface area contributed by atoms with Gasteiger partial charge in [-0.3, -0.25) is 4.21 Å². The lowest BCUT2D eigenvalue weighted by Crippen LogP contribution is -1.99. The van der Waals surface area contributed by atoms with E-state index in [1.165, 1.54) is 0 Å². The molecule has 1 aromatic carbocycles. The molecule has 0 aliphatic rings. The second-order valence-electron chi connectivity index (χ2n) is 3.14. The molecule has 0 saturated heterocycles. The van der Waals surface area contributed by atoms with Crippen molar-refractivity contribution < 1.29 is 13.3 Å². The first-order valence-electron chi connectivity index (χ1n) is 4.69. The zero-order chi connectivity index (χ0) is 11.4. The Bertz CT molecular complexity index is 484. The lowest BCUT2D eigenvalue weighted by Gasteiger charge is -1.99. The minimum absolute atomic E-state index is 0.00355. The van der Waals surface area contributed by atoms with Gasteiger partial charge in [-0.05, 0) is 0 Å². The molecule has 84 valence electrons. The Morgan fingerprint density at radius 1 is 1.31 bits per heavy atom. The third-order valence-corrected chi connectivity index (χ3v) is 2.52. The van der Waals surface area contributed by atoms with E-state index >= 15 is 0 Å². The summed E-state index contributed by atoms with van der Waals surface area (Å²) in [6.07, 6.45) is 0.246. The van der Waals surface area contributed by atoms with Crippen LogP contribution in [0.5, 0.6) is 0 Å². The molecule has 16 heavy (non-hydrogen) atoms. The Morgan fingerprint density at radius 2 is 2.06 bits per heavy atom. The second-order valence-corrected chi connectivity index (χ2v) is 4.15. The van der Waals surface area contributed by atoms with Crippen LogP contribution in [0.25, 0.3) is 11.4 Å². The lowest BCUT2D eigenvalue weighted by molar-refractivity contribution is 0.382. The van der Waals surface area contributed by atoms with E-state index in [2.05, 4.69) is 10.1 Å². The highest BCUT2D eigenvalue weighted by molar-refractivity contribution is 7.79. The van der Waals surface area contributed by atoms with Crippen molar-refractivity contribution in [2.45, 2.75) is 6.42 Å². The van der Waals surface area contributed by atoms with Crippen molar-refractivity contribution in [2.24, 2.45) is 0 Å². The van der Waals surface area contributed by atoms with Gasteiger partial charge < -0.3 is 9.08 Å². The van der Waals surface area contributed by atoms with Gasteiger partial charge >= 0.3 is 0 Å². The number of rotatable bonds is 4. The van der Waals surface area contributed by atoms with Gasteiger partial charge in [0.1, 0.15) is 0 Å². The maximum atomic E-state index is 10.4. The van der Waals surface area contributed by atoms with Crippen LogP contribution in [-0.2, 0) is 17.5 Å². The summed E-state index contributed by atoms with van der Waals surface area (Å²) in [5.74, 6) is 0.812. The van der Waals surface area contributed by atoms with Crippen molar-refractivity contribution in [1.29, 1.82) is 0 Å². The summed E-state index contributed by atoms with van der Waals surface area (Å²) < 4.78 is 25.7. The topological polar surface area (TPSA) is 79.0 Å². The molecule has 1 unspecified atom stereocenters. The number of hydrogen-bond donors (Lipinski definition) is 0. The first-order valence-corrected chi connectivity index (χ1v) is 5.94. The number of nitrogens with zero attached hydrogens (tertiary/aromatic N) is 2. The van der Waals surface area contributed by atoms with Crippen LogP contribution in [0.4, 0.5) is 0 Å². The molecule has 6 heteroatoms. The average Bonchev–Trinajstić information content (AvgIpc) is 2.76. The van der Waals surface area contributed by atoms with Gasteiger partial charge in [0.15, 0.2) is 0 Å². The molecule has 0 fully saturated rings. The molecule has 1 heterocycles. The Hall–Kier alpha value is -1.53. The van der Waals surface area contributed by atoms with E-state index in [-0.39, 0.29) is 12.2 Å². The number of benzene rings is 1. The maximum absolute atomic E-state index is 10.4. The van der Waals surface area contributed by atoms with Gasteiger partial charge in [0.2, 0.25) is 11.7 Å². The first kappa shape index (κ1) is 11.0. The Labute approximate surface area is 94.8 Å². The Balaban J connectivity index is 2.11. The fraction of sp³-hybridized carbons (Fsp3) is 0.200. The molecule has 0 N–H and O–H groups in total. The highest BCUT2D eigenvalue weighted by Gasteiger charge is 2.07. The van der Waals surface area contributed by atoms with Gasteiger partial charge in [-0.15, -0.1) is 0 Å². The van der Waals surface area contributed by atoms with Crippen molar-refractivity contribution in [3.63, 3.8) is 0 Å². The summed E-state index contributed by atoms with van der Waals surface area (Å²) in [7, 11) is 0. The third kappa shape index (κ3) is 2.74. The summed E-state index contributed by atoms with van der Waals surface area (Å²) >= 11 is -2.08. The van der Waals surface area contributed by atoms with Gasteiger partial charge in [0, 0.05) is 17.7 Å². The number of hydrogen-bond acceptors (Lipinski definition) is 5. The fourth-order valence-corrected chi connectivity index (χ4v) is 1.57. The van der Waals surface area contributed by atoms with Gasteiger partial charge in [0.25, 0.3) is 0 Å². The molecule has 0 spiro atoms. The summed E-state index contributed by atoms with van der Waals surface area (Å²) in [4.78, 5) is 4.10. The minimum atomic E-state index is -2.08. The summed E-state index contributed by atoms with van der Waals surface area (Å²) in [5, 5.41) is 3.78. The molecule has 5 nitrogen and oxygen atoms in total. The van der Waals surface area contributed by atoms with Gasteiger partial charge in [-0.25, -0.2) is 0 Å². The van der Waals surface area contributed by atoms with Crippen LogP contribution in [0.2, 0.25) is 0 Å². The Kier molecular flexibility index (Phi) is 3.43. The van der Waals surface area contributed by atoms with Gasteiger partial charge in [-0.1, -0.05) is 46.6 Å². The monoisotopic (exact) mass is 237 g/mol. The smallest absolute Gasteiger partial charge is 0.227 e. The van der Waals surface area contributed by atoms with Crippen LogP contribution in [0.15, 0.2) is 34.9 Å². The zero-order valence-electron chi connectivity index (χ0n) is 8.33. The van der Waals surface area contributed by atoms with Crippen LogP contribution < -0.4 is 0 Å². The van der Waals surface area contributed by atoms with Crippen LogP contribution >= 0.6 is 0 Å². The van der Waals surface area contributed by atoms with E-state index in [1.54, 1.807) is 0 Å². The molecule has 0 bridgehead atoms. The van der Waals surface area contributed by atoms with E-state index in [1.807, 2.05) is 30.3 Å². The van der Waals surface area contributed by atoms with E-state index < -0.39 is 11.1 Å². The molecular weight excluding hydrogens is 228 g/mol. The van der Waals surface area contributed by atoms with Crippen LogP contribution in [0.1, 0.15) is 5.89 Å². The van der Waals surface area contributed by atoms with E-state index in [0.29, 0.717) is 11.7 Å².